The fourth-order valence-corrected chi connectivity index (χ4v) is 3.80. The van der Waals surface area contributed by atoms with Gasteiger partial charge >= 0.3 is 0 Å². The van der Waals surface area contributed by atoms with Crippen LogP contribution in [-0.2, 0) is 4.74 Å². The van der Waals surface area contributed by atoms with Gasteiger partial charge in [-0.1, -0.05) is 19.8 Å². The van der Waals surface area contributed by atoms with Crippen molar-refractivity contribution in [2.75, 3.05) is 26.2 Å². The summed E-state index contributed by atoms with van der Waals surface area (Å²) in [5, 5.41) is 3.67. The molecule has 0 aromatic carbocycles. The van der Waals surface area contributed by atoms with Gasteiger partial charge in [0.1, 0.15) is 0 Å². The van der Waals surface area contributed by atoms with Gasteiger partial charge in [0.15, 0.2) is 0 Å². The third kappa shape index (κ3) is 2.51. The summed E-state index contributed by atoms with van der Waals surface area (Å²) in [6.07, 6.45) is 7.29. The Morgan fingerprint density at radius 3 is 2.94 bits per heavy atom. The normalized spacial score (nSPS) is 43.6. The summed E-state index contributed by atoms with van der Waals surface area (Å²) in [6, 6.07) is 1.43. The molecule has 0 bridgehead atoms. The number of rotatable bonds is 2. The molecule has 98 valence electrons. The van der Waals surface area contributed by atoms with Gasteiger partial charge in [-0.05, 0) is 31.7 Å². The number of nitrogens with one attached hydrogen (secondary N) is 1. The van der Waals surface area contributed by atoms with Crippen molar-refractivity contribution >= 4 is 0 Å². The Bertz CT molecular complexity index is 257. The van der Waals surface area contributed by atoms with E-state index in [0.717, 1.165) is 25.1 Å². The van der Waals surface area contributed by atoms with Crippen LogP contribution in [0.3, 0.4) is 0 Å². The van der Waals surface area contributed by atoms with Crippen molar-refractivity contribution in [1.82, 2.24) is 10.2 Å². The summed E-state index contributed by atoms with van der Waals surface area (Å²) in [5.74, 6) is 0.847. The highest BCUT2D eigenvalue weighted by atomic mass is 16.5. The molecule has 4 unspecified atom stereocenters. The number of nitrogens with zero attached hydrogens (tertiary/aromatic N) is 1. The zero-order chi connectivity index (χ0) is 11.7. The van der Waals surface area contributed by atoms with Gasteiger partial charge < -0.3 is 10.1 Å². The molecule has 3 fully saturated rings. The molecule has 2 aliphatic heterocycles. The fraction of sp³-hybridized carbons (Fsp3) is 1.00. The molecule has 1 N–H and O–H groups in total. The lowest BCUT2D eigenvalue weighted by molar-refractivity contribution is -0.0905. The SMILES string of the molecule is CC1CCNC1CN1CCOC2CCCCC21. The third-order valence-corrected chi connectivity index (χ3v) is 4.97. The van der Waals surface area contributed by atoms with Crippen LogP contribution in [0.5, 0.6) is 0 Å². The third-order valence-electron chi connectivity index (χ3n) is 4.97. The highest BCUT2D eigenvalue weighted by Gasteiger charge is 2.36. The number of hydrogen-bond acceptors (Lipinski definition) is 3. The quantitative estimate of drug-likeness (QED) is 0.791. The minimum atomic E-state index is 0.536. The molecule has 3 rings (SSSR count). The molecule has 0 amide bonds. The van der Waals surface area contributed by atoms with E-state index in [1.54, 1.807) is 0 Å². The smallest absolute Gasteiger partial charge is 0.0730 e. The van der Waals surface area contributed by atoms with Crippen molar-refractivity contribution in [2.45, 2.75) is 57.2 Å². The Morgan fingerprint density at radius 1 is 1.24 bits per heavy atom. The summed E-state index contributed by atoms with van der Waals surface area (Å²) in [5.41, 5.74) is 0. The van der Waals surface area contributed by atoms with Gasteiger partial charge in [0.2, 0.25) is 0 Å². The molecule has 0 aromatic rings. The monoisotopic (exact) mass is 238 g/mol. The van der Waals surface area contributed by atoms with Gasteiger partial charge in [-0.3, -0.25) is 4.90 Å². The molecule has 0 spiro atoms. The summed E-state index contributed by atoms with van der Waals surface area (Å²) in [6.45, 7) is 6.94. The first kappa shape index (κ1) is 11.9. The summed E-state index contributed by atoms with van der Waals surface area (Å²) >= 11 is 0. The summed E-state index contributed by atoms with van der Waals surface area (Å²) in [7, 11) is 0. The molecule has 0 aromatic heterocycles. The van der Waals surface area contributed by atoms with Crippen molar-refractivity contribution in [2.24, 2.45) is 5.92 Å². The second-order valence-corrected chi connectivity index (χ2v) is 6.08. The number of ether oxygens (including phenoxy) is 1. The molecule has 4 atom stereocenters. The molecule has 2 saturated heterocycles. The molecule has 1 aliphatic carbocycles. The minimum absolute atomic E-state index is 0.536. The average Bonchev–Trinajstić information content (AvgIpc) is 2.76. The Kier molecular flexibility index (Phi) is 3.69. The van der Waals surface area contributed by atoms with Gasteiger partial charge in [-0.2, -0.15) is 0 Å². The van der Waals surface area contributed by atoms with Crippen LogP contribution in [0.25, 0.3) is 0 Å². The van der Waals surface area contributed by atoms with Gasteiger partial charge in [0, 0.05) is 25.2 Å². The highest BCUT2D eigenvalue weighted by Crippen LogP contribution is 2.29. The zero-order valence-corrected chi connectivity index (χ0v) is 11.0. The maximum atomic E-state index is 5.94. The Morgan fingerprint density at radius 2 is 2.12 bits per heavy atom. The van der Waals surface area contributed by atoms with E-state index in [1.807, 2.05) is 0 Å². The van der Waals surface area contributed by atoms with E-state index in [2.05, 4.69) is 17.1 Å². The van der Waals surface area contributed by atoms with Crippen LogP contribution >= 0.6 is 0 Å². The van der Waals surface area contributed by atoms with Crippen LogP contribution in [-0.4, -0.2) is 49.3 Å². The highest BCUT2D eigenvalue weighted by molar-refractivity contribution is 4.91. The number of fused-ring (bicyclic) bond motifs is 1. The zero-order valence-electron chi connectivity index (χ0n) is 11.0. The topological polar surface area (TPSA) is 24.5 Å². The molecule has 3 heteroatoms. The average molecular weight is 238 g/mol. The lowest BCUT2D eigenvalue weighted by Gasteiger charge is -2.45. The lowest BCUT2D eigenvalue weighted by Crippen LogP contribution is -2.55. The maximum Gasteiger partial charge on any atom is 0.0730 e. The van der Waals surface area contributed by atoms with Crippen LogP contribution in [0.1, 0.15) is 39.0 Å². The second-order valence-electron chi connectivity index (χ2n) is 6.08. The summed E-state index contributed by atoms with van der Waals surface area (Å²) < 4.78 is 5.94. The van der Waals surface area contributed by atoms with E-state index < -0.39 is 0 Å². The number of morpholine rings is 1. The van der Waals surface area contributed by atoms with Crippen molar-refractivity contribution in [1.29, 1.82) is 0 Å². The van der Waals surface area contributed by atoms with Gasteiger partial charge in [-0.15, -0.1) is 0 Å². The van der Waals surface area contributed by atoms with Crippen LogP contribution in [0.4, 0.5) is 0 Å². The molecule has 3 nitrogen and oxygen atoms in total. The van der Waals surface area contributed by atoms with E-state index in [9.17, 15) is 0 Å². The van der Waals surface area contributed by atoms with Crippen molar-refractivity contribution in [3.63, 3.8) is 0 Å². The fourth-order valence-electron chi connectivity index (χ4n) is 3.80. The van der Waals surface area contributed by atoms with Crippen LogP contribution in [0.15, 0.2) is 0 Å². The van der Waals surface area contributed by atoms with Gasteiger partial charge in [0.05, 0.1) is 12.7 Å². The lowest BCUT2D eigenvalue weighted by atomic mass is 9.89. The largest absolute Gasteiger partial charge is 0.375 e. The van der Waals surface area contributed by atoms with Crippen LogP contribution in [0.2, 0.25) is 0 Å². The number of hydrogen-bond donors (Lipinski definition) is 1. The van der Waals surface area contributed by atoms with Crippen LogP contribution in [0, 0.1) is 5.92 Å². The minimum Gasteiger partial charge on any atom is -0.375 e. The van der Waals surface area contributed by atoms with Crippen molar-refractivity contribution in [3.05, 3.63) is 0 Å². The Labute approximate surface area is 105 Å². The first-order chi connectivity index (χ1) is 8.34. The molecule has 17 heavy (non-hydrogen) atoms. The predicted molar refractivity (Wildman–Crippen MR) is 69.1 cm³/mol. The first-order valence-corrected chi connectivity index (χ1v) is 7.43. The van der Waals surface area contributed by atoms with E-state index in [1.165, 1.54) is 45.2 Å². The first-order valence-electron chi connectivity index (χ1n) is 7.43. The molecule has 3 aliphatic rings. The van der Waals surface area contributed by atoms with E-state index in [0.29, 0.717) is 12.1 Å². The molecule has 1 saturated carbocycles. The Balaban J connectivity index is 1.61. The second kappa shape index (κ2) is 5.25. The van der Waals surface area contributed by atoms with Crippen molar-refractivity contribution < 1.29 is 4.74 Å². The standard InChI is InChI=1S/C14H26N2O/c1-11-6-7-15-12(11)10-16-8-9-17-14-5-3-2-4-13(14)16/h11-15H,2-10H2,1H3. The molecule has 2 heterocycles. The molecular weight excluding hydrogens is 212 g/mol. The van der Waals surface area contributed by atoms with E-state index >= 15 is 0 Å². The van der Waals surface area contributed by atoms with Gasteiger partial charge in [-0.25, -0.2) is 0 Å². The maximum absolute atomic E-state index is 5.94. The van der Waals surface area contributed by atoms with E-state index in [-0.39, 0.29) is 0 Å². The molecular formula is C14H26N2O. The summed E-state index contributed by atoms with van der Waals surface area (Å²) in [4.78, 5) is 2.72. The molecule has 0 radical (unpaired) electrons. The van der Waals surface area contributed by atoms with Crippen molar-refractivity contribution in [3.8, 4) is 0 Å². The Hall–Kier alpha value is -0.120. The van der Waals surface area contributed by atoms with Crippen LogP contribution < -0.4 is 5.32 Å². The predicted octanol–water partition coefficient (Wildman–Crippen LogP) is 1.63. The van der Waals surface area contributed by atoms with E-state index in [4.69, 9.17) is 4.74 Å². The van der Waals surface area contributed by atoms with Gasteiger partial charge in [0.25, 0.3) is 0 Å².